The Labute approximate surface area is 179 Å². The smallest absolute Gasteiger partial charge is 0.223 e. The number of benzene rings is 2. The Hall–Kier alpha value is -3.06. The topological polar surface area (TPSA) is 72.7 Å². The third-order valence-electron chi connectivity index (χ3n) is 5.78. The minimum Gasteiger partial charge on any atom is -0.356 e. The van der Waals surface area contributed by atoms with Crippen molar-refractivity contribution in [2.45, 2.75) is 32.2 Å². The van der Waals surface area contributed by atoms with E-state index in [4.69, 9.17) is 4.98 Å². The largest absolute Gasteiger partial charge is 0.356 e. The zero-order chi connectivity index (χ0) is 20.5. The van der Waals surface area contributed by atoms with Crippen molar-refractivity contribution in [1.82, 2.24) is 25.1 Å². The van der Waals surface area contributed by atoms with Crippen LogP contribution in [0.1, 0.15) is 32.2 Å². The normalized spacial score (nSPS) is 18.7. The lowest BCUT2D eigenvalue weighted by Gasteiger charge is -2.15. The summed E-state index contributed by atoms with van der Waals surface area (Å²) < 4.78 is 3.32. The van der Waals surface area contributed by atoms with Gasteiger partial charge in [0, 0.05) is 29.6 Å². The zero-order valence-corrected chi connectivity index (χ0v) is 17.6. The predicted molar refractivity (Wildman–Crippen MR) is 119 cm³/mol. The fourth-order valence-electron chi connectivity index (χ4n) is 4.24. The number of rotatable bonds is 5. The van der Waals surface area contributed by atoms with E-state index in [9.17, 15) is 4.79 Å². The molecule has 2 atom stereocenters. The van der Waals surface area contributed by atoms with Crippen LogP contribution in [0.4, 0.5) is 0 Å². The lowest BCUT2D eigenvalue weighted by atomic mass is 10.1. The molecule has 1 N–H and O–H groups in total. The van der Waals surface area contributed by atoms with E-state index in [1.807, 2.05) is 25.1 Å². The molecule has 152 valence electrons. The highest BCUT2D eigenvalue weighted by Gasteiger charge is 2.31. The van der Waals surface area contributed by atoms with Crippen LogP contribution in [0.25, 0.3) is 32.2 Å². The fraction of sp³-hybridized carbons (Fsp3) is 0.304. The van der Waals surface area contributed by atoms with Gasteiger partial charge in [0.05, 0.1) is 10.2 Å². The molecule has 5 rings (SSSR count). The van der Waals surface area contributed by atoms with Gasteiger partial charge in [-0.1, -0.05) is 36.4 Å². The molecule has 1 saturated carbocycles. The number of hydrogen-bond acceptors (Lipinski definition) is 5. The van der Waals surface area contributed by atoms with Crippen LogP contribution in [0, 0.1) is 5.92 Å². The summed E-state index contributed by atoms with van der Waals surface area (Å²) in [4.78, 5) is 16.9. The van der Waals surface area contributed by atoms with Gasteiger partial charge >= 0.3 is 0 Å². The molecule has 1 aliphatic rings. The van der Waals surface area contributed by atoms with Gasteiger partial charge in [-0.05, 0) is 38.3 Å². The molecule has 0 aliphatic heterocycles. The summed E-state index contributed by atoms with van der Waals surface area (Å²) in [6.07, 6.45) is 4.50. The molecule has 1 fully saturated rings. The zero-order valence-electron chi connectivity index (χ0n) is 16.8. The van der Waals surface area contributed by atoms with Gasteiger partial charge in [-0.25, -0.2) is 4.98 Å². The average molecular weight is 418 g/mol. The lowest BCUT2D eigenvalue weighted by molar-refractivity contribution is -0.124. The fourth-order valence-corrected chi connectivity index (χ4v) is 5.21. The Bertz CT molecular complexity index is 1150. The number of hydrogen-bond donors (Lipinski definition) is 1. The molecular formula is C23H23N5OS. The molecule has 1 aliphatic carbocycles. The summed E-state index contributed by atoms with van der Waals surface area (Å²) in [7, 11) is 0. The second-order valence-corrected chi connectivity index (χ2v) is 8.71. The second kappa shape index (κ2) is 7.99. The molecule has 0 spiro atoms. The summed E-state index contributed by atoms with van der Waals surface area (Å²) in [5.41, 5.74) is 3.16. The SMILES string of the molecule is CCNC(=O)[C@H]1CC[C@@H](n2cnnc2-c2ccc(-c3nc4ccccc4s3)cc2)C1. The summed E-state index contributed by atoms with van der Waals surface area (Å²) in [5, 5.41) is 12.5. The van der Waals surface area contributed by atoms with Crippen molar-refractivity contribution < 1.29 is 4.79 Å². The highest BCUT2D eigenvalue weighted by atomic mass is 32.1. The molecule has 30 heavy (non-hydrogen) atoms. The van der Waals surface area contributed by atoms with Crippen molar-refractivity contribution in [3.8, 4) is 22.0 Å². The lowest BCUT2D eigenvalue weighted by Crippen LogP contribution is -2.29. The summed E-state index contributed by atoms with van der Waals surface area (Å²) >= 11 is 1.70. The van der Waals surface area contributed by atoms with E-state index in [2.05, 4.69) is 50.4 Å². The number of fused-ring (bicyclic) bond motifs is 1. The summed E-state index contributed by atoms with van der Waals surface area (Å²) in [6.45, 7) is 2.64. The summed E-state index contributed by atoms with van der Waals surface area (Å²) in [5.74, 6) is 1.09. The molecule has 2 heterocycles. The van der Waals surface area contributed by atoms with Crippen molar-refractivity contribution in [1.29, 1.82) is 0 Å². The van der Waals surface area contributed by atoms with E-state index < -0.39 is 0 Å². The van der Waals surface area contributed by atoms with Gasteiger partial charge in [0.1, 0.15) is 11.3 Å². The number of para-hydroxylation sites is 1. The Morgan fingerprint density at radius 3 is 2.73 bits per heavy atom. The van der Waals surface area contributed by atoms with Crippen LogP contribution in [0.3, 0.4) is 0 Å². The van der Waals surface area contributed by atoms with E-state index in [0.29, 0.717) is 6.54 Å². The van der Waals surface area contributed by atoms with E-state index in [1.165, 1.54) is 4.70 Å². The van der Waals surface area contributed by atoms with Crippen LogP contribution < -0.4 is 5.32 Å². The molecular weight excluding hydrogens is 394 g/mol. The maximum absolute atomic E-state index is 12.2. The Kier molecular flexibility index (Phi) is 5.04. The number of carbonyl (C=O) groups is 1. The van der Waals surface area contributed by atoms with Gasteiger partial charge in [0.15, 0.2) is 5.82 Å². The molecule has 0 radical (unpaired) electrons. The van der Waals surface area contributed by atoms with Crippen molar-refractivity contribution in [3.05, 3.63) is 54.9 Å². The van der Waals surface area contributed by atoms with Gasteiger partial charge in [-0.3, -0.25) is 4.79 Å². The van der Waals surface area contributed by atoms with Gasteiger partial charge in [0.25, 0.3) is 0 Å². The monoisotopic (exact) mass is 417 g/mol. The Morgan fingerprint density at radius 2 is 1.93 bits per heavy atom. The van der Waals surface area contributed by atoms with Gasteiger partial charge in [0.2, 0.25) is 5.91 Å². The highest BCUT2D eigenvalue weighted by molar-refractivity contribution is 7.21. The molecule has 0 bridgehead atoms. The van der Waals surface area contributed by atoms with E-state index in [-0.39, 0.29) is 17.9 Å². The van der Waals surface area contributed by atoms with Crippen molar-refractivity contribution in [2.24, 2.45) is 5.92 Å². The van der Waals surface area contributed by atoms with Crippen LogP contribution in [-0.2, 0) is 4.79 Å². The Balaban J connectivity index is 1.37. The second-order valence-electron chi connectivity index (χ2n) is 7.68. The minimum atomic E-state index is 0.0756. The first kappa shape index (κ1) is 18.9. The first-order chi connectivity index (χ1) is 14.7. The Morgan fingerprint density at radius 1 is 1.13 bits per heavy atom. The molecule has 4 aromatic rings. The van der Waals surface area contributed by atoms with Crippen LogP contribution in [0.15, 0.2) is 54.9 Å². The third kappa shape index (κ3) is 3.50. The van der Waals surface area contributed by atoms with Gasteiger partial charge in [-0.15, -0.1) is 21.5 Å². The predicted octanol–water partition coefficient (Wildman–Crippen LogP) is 4.70. The molecule has 0 unspecified atom stereocenters. The molecule has 7 heteroatoms. The molecule has 2 aromatic carbocycles. The number of thiazole rings is 1. The average Bonchev–Trinajstić information content (AvgIpc) is 3.52. The quantitative estimate of drug-likeness (QED) is 0.511. The van der Waals surface area contributed by atoms with Crippen LogP contribution >= 0.6 is 11.3 Å². The van der Waals surface area contributed by atoms with Crippen LogP contribution in [0.5, 0.6) is 0 Å². The molecule has 2 aromatic heterocycles. The molecule has 6 nitrogen and oxygen atoms in total. The number of nitrogens with zero attached hydrogens (tertiary/aromatic N) is 4. The van der Waals surface area contributed by atoms with Crippen molar-refractivity contribution >= 4 is 27.5 Å². The van der Waals surface area contributed by atoms with E-state index in [1.54, 1.807) is 17.7 Å². The van der Waals surface area contributed by atoms with Crippen LogP contribution in [-0.4, -0.2) is 32.2 Å². The van der Waals surface area contributed by atoms with Gasteiger partial charge < -0.3 is 9.88 Å². The maximum Gasteiger partial charge on any atom is 0.223 e. The minimum absolute atomic E-state index is 0.0756. The van der Waals surface area contributed by atoms with Crippen molar-refractivity contribution in [2.75, 3.05) is 6.54 Å². The number of amides is 1. The summed E-state index contributed by atoms with van der Waals surface area (Å²) in [6, 6.07) is 16.8. The third-order valence-corrected chi connectivity index (χ3v) is 6.86. The highest BCUT2D eigenvalue weighted by Crippen LogP contribution is 2.37. The number of nitrogens with one attached hydrogen (secondary N) is 1. The van der Waals surface area contributed by atoms with E-state index >= 15 is 0 Å². The van der Waals surface area contributed by atoms with E-state index in [0.717, 1.165) is 46.7 Å². The number of carbonyl (C=O) groups excluding carboxylic acids is 1. The first-order valence-corrected chi connectivity index (χ1v) is 11.2. The number of aromatic nitrogens is 4. The molecule has 1 amide bonds. The molecule has 0 saturated heterocycles. The van der Waals surface area contributed by atoms with Crippen molar-refractivity contribution in [3.63, 3.8) is 0 Å². The van der Waals surface area contributed by atoms with Crippen LogP contribution in [0.2, 0.25) is 0 Å². The van der Waals surface area contributed by atoms with Gasteiger partial charge in [-0.2, -0.15) is 0 Å². The first-order valence-electron chi connectivity index (χ1n) is 10.4. The standard InChI is InChI=1S/C23H23N5OS/c1-2-24-22(29)17-11-12-18(13-17)28-14-25-27-21(28)15-7-9-16(10-8-15)23-26-19-5-3-4-6-20(19)30-23/h3-10,14,17-18H,2,11-13H2,1H3,(H,24,29)/t17-,18+/m0/s1. The maximum atomic E-state index is 12.2.